The van der Waals surface area contributed by atoms with Crippen LogP contribution in [0, 0.1) is 0 Å². The highest BCUT2D eigenvalue weighted by atomic mass is 32.2. The SMILES string of the molecule is O=S(=O)(c1ccc(Nc2ccnc3c(C(F)(F)F)cccc23)cc1)N1CCOCC1. The van der Waals surface area contributed by atoms with E-state index in [0.717, 1.165) is 6.07 Å². The lowest BCUT2D eigenvalue weighted by Crippen LogP contribution is -2.40. The molecule has 1 fully saturated rings. The van der Waals surface area contributed by atoms with Gasteiger partial charge in [-0.15, -0.1) is 0 Å². The Morgan fingerprint density at radius 3 is 2.37 bits per heavy atom. The molecule has 2 aromatic carbocycles. The maximum Gasteiger partial charge on any atom is 0.418 e. The summed E-state index contributed by atoms with van der Waals surface area (Å²) in [6.07, 6.45) is -3.21. The molecule has 0 saturated carbocycles. The lowest BCUT2D eigenvalue weighted by atomic mass is 10.1. The fourth-order valence-corrected chi connectivity index (χ4v) is 4.72. The average Bonchev–Trinajstić information content (AvgIpc) is 2.74. The summed E-state index contributed by atoms with van der Waals surface area (Å²) in [4.78, 5) is 4.04. The highest BCUT2D eigenvalue weighted by molar-refractivity contribution is 7.89. The van der Waals surface area contributed by atoms with Gasteiger partial charge in [-0.2, -0.15) is 17.5 Å². The zero-order valence-electron chi connectivity index (χ0n) is 15.7. The van der Waals surface area contributed by atoms with E-state index in [9.17, 15) is 21.6 Å². The molecular formula is C20H18F3N3O3S. The van der Waals surface area contributed by atoms with Crippen molar-refractivity contribution in [2.45, 2.75) is 11.1 Å². The molecule has 0 bridgehead atoms. The van der Waals surface area contributed by atoms with Gasteiger partial charge in [-0.3, -0.25) is 4.98 Å². The maximum atomic E-state index is 13.3. The number of ether oxygens (including phenoxy) is 1. The fourth-order valence-electron chi connectivity index (χ4n) is 3.32. The van der Waals surface area contributed by atoms with Gasteiger partial charge >= 0.3 is 6.18 Å². The molecule has 1 aliphatic heterocycles. The molecule has 30 heavy (non-hydrogen) atoms. The number of benzene rings is 2. The molecule has 1 aliphatic rings. The number of para-hydroxylation sites is 1. The van der Waals surface area contributed by atoms with E-state index in [1.807, 2.05) is 0 Å². The molecule has 3 aromatic rings. The van der Waals surface area contributed by atoms with Crippen molar-refractivity contribution >= 4 is 32.3 Å². The quantitative estimate of drug-likeness (QED) is 0.668. The number of alkyl halides is 3. The van der Waals surface area contributed by atoms with Crippen LogP contribution in [0.2, 0.25) is 0 Å². The van der Waals surface area contributed by atoms with Crippen LogP contribution < -0.4 is 5.32 Å². The molecule has 2 heterocycles. The summed E-state index contributed by atoms with van der Waals surface area (Å²) in [7, 11) is -3.62. The third-order valence-corrected chi connectivity index (χ3v) is 6.73. The summed E-state index contributed by atoms with van der Waals surface area (Å²) in [6.45, 7) is 1.31. The molecule has 6 nitrogen and oxygen atoms in total. The molecule has 0 amide bonds. The van der Waals surface area contributed by atoms with Crippen molar-refractivity contribution in [2.75, 3.05) is 31.6 Å². The van der Waals surface area contributed by atoms with Crippen molar-refractivity contribution in [1.82, 2.24) is 9.29 Å². The molecular weight excluding hydrogens is 419 g/mol. The van der Waals surface area contributed by atoms with Crippen LogP contribution in [0.15, 0.2) is 59.6 Å². The Labute approximate surface area is 171 Å². The summed E-state index contributed by atoms with van der Waals surface area (Å²) < 4.78 is 71.7. The van der Waals surface area contributed by atoms with Crippen LogP contribution >= 0.6 is 0 Å². The second kappa shape index (κ2) is 7.86. The molecule has 0 unspecified atom stereocenters. The predicted octanol–water partition coefficient (Wildman–Crippen LogP) is 4.02. The van der Waals surface area contributed by atoms with Gasteiger partial charge < -0.3 is 10.1 Å². The third-order valence-electron chi connectivity index (χ3n) is 4.82. The van der Waals surface area contributed by atoms with Crippen molar-refractivity contribution in [3.05, 3.63) is 60.3 Å². The molecule has 0 spiro atoms. The molecule has 0 aliphatic carbocycles. The zero-order valence-corrected chi connectivity index (χ0v) is 16.5. The van der Waals surface area contributed by atoms with Gasteiger partial charge in [-0.05, 0) is 36.4 Å². The number of rotatable bonds is 4. The van der Waals surface area contributed by atoms with Crippen LogP contribution in [0.4, 0.5) is 24.5 Å². The van der Waals surface area contributed by atoms with Crippen molar-refractivity contribution in [2.24, 2.45) is 0 Å². The highest BCUT2D eigenvalue weighted by Gasteiger charge is 2.33. The Morgan fingerprint density at radius 2 is 1.70 bits per heavy atom. The Hall–Kier alpha value is -2.69. The van der Waals surface area contributed by atoms with E-state index in [-0.39, 0.29) is 10.4 Å². The van der Waals surface area contributed by atoms with Gasteiger partial charge in [0.2, 0.25) is 10.0 Å². The number of anilines is 2. The van der Waals surface area contributed by atoms with Gasteiger partial charge in [0.05, 0.1) is 29.2 Å². The molecule has 0 atom stereocenters. The Kier molecular flexibility index (Phi) is 5.39. The van der Waals surface area contributed by atoms with E-state index in [4.69, 9.17) is 4.74 Å². The van der Waals surface area contributed by atoms with Crippen LogP contribution in [-0.2, 0) is 20.9 Å². The van der Waals surface area contributed by atoms with Crippen molar-refractivity contribution < 1.29 is 26.3 Å². The predicted molar refractivity (Wildman–Crippen MR) is 106 cm³/mol. The van der Waals surface area contributed by atoms with Crippen molar-refractivity contribution in [3.8, 4) is 0 Å². The molecule has 1 N–H and O–H groups in total. The fraction of sp³-hybridized carbons (Fsp3) is 0.250. The van der Waals surface area contributed by atoms with Crippen molar-refractivity contribution in [3.63, 3.8) is 0 Å². The van der Waals surface area contributed by atoms with Gasteiger partial charge in [-0.1, -0.05) is 12.1 Å². The minimum absolute atomic E-state index is 0.147. The first-order valence-electron chi connectivity index (χ1n) is 9.17. The molecule has 1 saturated heterocycles. The number of nitrogens with zero attached hydrogens (tertiary/aromatic N) is 2. The number of hydrogen-bond donors (Lipinski definition) is 1. The number of morpholine rings is 1. The average molecular weight is 437 g/mol. The molecule has 0 radical (unpaired) electrons. The second-order valence-corrected chi connectivity index (χ2v) is 8.66. The Bertz CT molecular complexity index is 1160. The van der Waals surface area contributed by atoms with Gasteiger partial charge in [0.1, 0.15) is 0 Å². The summed E-state index contributed by atoms with van der Waals surface area (Å²) in [5.41, 5.74) is 0.0212. The number of aromatic nitrogens is 1. The van der Waals surface area contributed by atoms with E-state index >= 15 is 0 Å². The highest BCUT2D eigenvalue weighted by Crippen LogP contribution is 2.36. The summed E-state index contributed by atoms with van der Waals surface area (Å²) in [6, 6.07) is 11.5. The van der Waals surface area contributed by atoms with Gasteiger partial charge in [-0.25, -0.2) is 8.42 Å². The van der Waals surface area contributed by atoms with Gasteiger partial charge in [0.15, 0.2) is 0 Å². The van der Waals surface area contributed by atoms with E-state index in [2.05, 4.69) is 10.3 Å². The first-order valence-corrected chi connectivity index (χ1v) is 10.6. The number of hydrogen-bond acceptors (Lipinski definition) is 5. The monoisotopic (exact) mass is 437 g/mol. The standard InChI is InChI=1S/C20H18F3N3O3S/c21-20(22,23)17-3-1-2-16-18(8-9-24-19(16)17)25-14-4-6-15(7-5-14)30(27,28)26-10-12-29-13-11-26/h1-9H,10-13H2,(H,24,25). The summed E-state index contributed by atoms with van der Waals surface area (Å²) in [5.74, 6) is 0. The first kappa shape index (κ1) is 20.6. The van der Waals surface area contributed by atoms with Crippen LogP contribution in [0.25, 0.3) is 10.9 Å². The van der Waals surface area contributed by atoms with Gasteiger partial charge in [0, 0.05) is 36.0 Å². The van der Waals surface area contributed by atoms with Crippen LogP contribution in [0.1, 0.15) is 5.56 Å². The van der Waals surface area contributed by atoms with Crippen LogP contribution in [-0.4, -0.2) is 44.0 Å². The lowest BCUT2D eigenvalue weighted by Gasteiger charge is -2.26. The number of nitrogens with one attached hydrogen (secondary N) is 1. The number of pyridine rings is 1. The van der Waals surface area contributed by atoms with E-state index in [1.54, 1.807) is 24.3 Å². The minimum Gasteiger partial charge on any atom is -0.379 e. The van der Waals surface area contributed by atoms with Crippen LogP contribution in [0.5, 0.6) is 0 Å². The first-order chi connectivity index (χ1) is 14.3. The number of halogens is 3. The lowest BCUT2D eigenvalue weighted by molar-refractivity contribution is -0.136. The van der Waals surface area contributed by atoms with Crippen molar-refractivity contribution in [1.29, 1.82) is 0 Å². The molecule has 158 valence electrons. The normalized spacial score (nSPS) is 16.0. The maximum absolute atomic E-state index is 13.3. The third kappa shape index (κ3) is 3.98. The van der Waals surface area contributed by atoms with E-state index in [0.29, 0.717) is 43.1 Å². The molecule has 1 aromatic heterocycles. The largest absolute Gasteiger partial charge is 0.418 e. The molecule has 4 rings (SSSR count). The van der Waals surface area contributed by atoms with E-state index < -0.39 is 21.8 Å². The number of fused-ring (bicyclic) bond motifs is 1. The molecule has 10 heteroatoms. The van der Waals surface area contributed by atoms with Crippen LogP contribution in [0.3, 0.4) is 0 Å². The zero-order chi connectivity index (χ0) is 21.4. The topological polar surface area (TPSA) is 71.5 Å². The summed E-state index contributed by atoms with van der Waals surface area (Å²) in [5, 5.41) is 3.36. The smallest absolute Gasteiger partial charge is 0.379 e. The Balaban J connectivity index is 1.62. The number of sulfonamides is 1. The van der Waals surface area contributed by atoms with E-state index in [1.165, 1.54) is 28.7 Å². The second-order valence-electron chi connectivity index (χ2n) is 6.72. The Morgan fingerprint density at radius 1 is 1.00 bits per heavy atom. The van der Waals surface area contributed by atoms with Gasteiger partial charge in [0.25, 0.3) is 0 Å². The summed E-state index contributed by atoms with van der Waals surface area (Å²) >= 11 is 0. The minimum atomic E-state index is -4.51.